The minimum Gasteiger partial charge on any atom is -0.504 e. The van der Waals surface area contributed by atoms with Crippen LogP contribution in [0.5, 0.6) is 5.75 Å². The Morgan fingerprint density at radius 1 is 1.30 bits per heavy atom. The van der Waals surface area contributed by atoms with Gasteiger partial charge in [-0.25, -0.2) is 4.98 Å². The summed E-state index contributed by atoms with van der Waals surface area (Å²) in [5, 5.41) is 10.4. The average molecular weight is 273 g/mol. The van der Waals surface area contributed by atoms with Gasteiger partial charge in [0.25, 0.3) is 5.56 Å². The van der Waals surface area contributed by atoms with E-state index in [4.69, 9.17) is 0 Å². The van der Waals surface area contributed by atoms with E-state index in [2.05, 4.69) is 9.88 Å². The molecule has 20 heavy (non-hydrogen) atoms. The van der Waals surface area contributed by atoms with Crippen LogP contribution in [-0.2, 0) is 6.54 Å². The minimum atomic E-state index is -0.160. The van der Waals surface area contributed by atoms with Crippen LogP contribution in [0.3, 0.4) is 0 Å². The number of pyridine rings is 1. The van der Waals surface area contributed by atoms with Gasteiger partial charge in [0.05, 0.1) is 0 Å². The van der Waals surface area contributed by atoms with Crippen molar-refractivity contribution in [1.29, 1.82) is 0 Å². The minimum absolute atomic E-state index is 0.124. The molecule has 0 amide bonds. The van der Waals surface area contributed by atoms with Crippen molar-refractivity contribution in [3.63, 3.8) is 0 Å². The summed E-state index contributed by atoms with van der Waals surface area (Å²) in [6.45, 7) is 4.61. The van der Waals surface area contributed by atoms with Gasteiger partial charge in [-0.2, -0.15) is 0 Å². The maximum Gasteiger partial charge on any atom is 0.258 e. The first-order chi connectivity index (χ1) is 9.65. The van der Waals surface area contributed by atoms with Crippen LogP contribution in [0.25, 0.3) is 5.65 Å². The summed E-state index contributed by atoms with van der Waals surface area (Å²) in [6.07, 6.45) is 5.41. The summed E-state index contributed by atoms with van der Waals surface area (Å²) < 4.78 is 1.39. The highest BCUT2D eigenvalue weighted by Gasteiger charge is 2.15. The molecule has 2 aromatic heterocycles. The lowest BCUT2D eigenvalue weighted by Crippen LogP contribution is -2.29. The third-order valence-corrected chi connectivity index (χ3v) is 3.86. The molecule has 0 aromatic carbocycles. The van der Waals surface area contributed by atoms with Crippen LogP contribution in [0.2, 0.25) is 0 Å². The number of likely N-dealkylation sites (tertiary alicyclic amines) is 1. The molecule has 2 aromatic rings. The Bertz CT molecular complexity index is 687. The molecule has 1 aliphatic rings. The predicted octanol–water partition coefficient (Wildman–Crippen LogP) is 1.69. The number of aryl methyl sites for hydroxylation is 1. The molecule has 0 spiro atoms. The molecule has 0 radical (unpaired) electrons. The highest BCUT2D eigenvalue weighted by molar-refractivity contribution is 5.56. The maximum absolute atomic E-state index is 11.9. The molecule has 3 heterocycles. The Kier molecular flexibility index (Phi) is 3.44. The first-order valence-electron chi connectivity index (χ1n) is 7.08. The molecule has 3 rings (SSSR count). The summed E-state index contributed by atoms with van der Waals surface area (Å²) >= 11 is 0. The van der Waals surface area contributed by atoms with Gasteiger partial charge in [0, 0.05) is 30.1 Å². The maximum atomic E-state index is 11.9. The van der Waals surface area contributed by atoms with Gasteiger partial charge in [0.1, 0.15) is 0 Å². The average Bonchev–Trinajstić information content (AvgIpc) is 2.43. The van der Waals surface area contributed by atoms with Gasteiger partial charge in [0.2, 0.25) is 0 Å². The van der Waals surface area contributed by atoms with E-state index in [9.17, 15) is 9.90 Å². The van der Waals surface area contributed by atoms with Crippen molar-refractivity contribution in [3.05, 3.63) is 39.9 Å². The largest absolute Gasteiger partial charge is 0.504 e. The number of aromatic nitrogens is 2. The Morgan fingerprint density at radius 2 is 2.05 bits per heavy atom. The fourth-order valence-electron chi connectivity index (χ4n) is 2.79. The zero-order valence-corrected chi connectivity index (χ0v) is 11.7. The molecule has 1 saturated heterocycles. The molecule has 5 heteroatoms. The molecular formula is C15H19N3O2. The van der Waals surface area contributed by atoms with Gasteiger partial charge < -0.3 is 5.11 Å². The van der Waals surface area contributed by atoms with Gasteiger partial charge >= 0.3 is 0 Å². The van der Waals surface area contributed by atoms with Crippen LogP contribution >= 0.6 is 0 Å². The van der Waals surface area contributed by atoms with Crippen LogP contribution in [0.1, 0.15) is 30.5 Å². The van der Waals surface area contributed by atoms with Crippen LogP contribution in [0, 0.1) is 6.92 Å². The monoisotopic (exact) mass is 273 g/mol. The molecule has 5 nitrogen and oxygen atoms in total. The highest BCUT2D eigenvalue weighted by atomic mass is 16.3. The number of hydrogen-bond donors (Lipinski definition) is 1. The van der Waals surface area contributed by atoms with E-state index in [1.165, 1.54) is 29.7 Å². The molecule has 106 valence electrons. The number of nitrogens with zero attached hydrogens (tertiary/aromatic N) is 3. The number of rotatable bonds is 2. The molecule has 1 N–H and O–H groups in total. The smallest absolute Gasteiger partial charge is 0.258 e. The second-order valence-corrected chi connectivity index (χ2v) is 5.46. The Hall–Kier alpha value is -1.88. The van der Waals surface area contributed by atoms with Gasteiger partial charge in [0.15, 0.2) is 11.4 Å². The van der Waals surface area contributed by atoms with Crippen LogP contribution in [0.4, 0.5) is 0 Å². The molecule has 0 unspecified atom stereocenters. The first-order valence-corrected chi connectivity index (χ1v) is 7.08. The van der Waals surface area contributed by atoms with Crippen molar-refractivity contribution in [3.8, 4) is 5.75 Å². The van der Waals surface area contributed by atoms with E-state index < -0.39 is 0 Å². The summed E-state index contributed by atoms with van der Waals surface area (Å²) in [5.41, 5.74) is 1.65. The van der Waals surface area contributed by atoms with E-state index in [1.807, 2.05) is 6.07 Å². The van der Waals surface area contributed by atoms with Gasteiger partial charge in [-0.15, -0.1) is 0 Å². The van der Waals surface area contributed by atoms with Crippen molar-refractivity contribution in [1.82, 2.24) is 14.3 Å². The van der Waals surface area contributed by atoms with E-state index in [1.54, 1.807) is 13.1 Å². The lowest BCUT2D eigenvalue weighted by molar-refractivity contribution is 0.218. The molecule has 0 saturated carbocycles. The van der Waals surface area contributed by atoms with Crippen molar-refractivity contribution in [2.75, 3.05) is 13.1 Å². The third kappa shape index (κ3) is 2.41. The first kappa shape index (κ1) is 13.1. The van der Waals surface area contributed by atoms with Crippen LogP contribution < -0.4 is 5.56 Å². The van der Waals surface area contributed by atoms with Crippen molar-refractivity contribution in [2.45, 2.75) is 32.7 Å². The fraction of sp³-hybridized carbons (Fsp3) is 0.467. The quantitative estimate of drug-likeness (QED) is 0.904. The van der Waals surface area contributed by atoms with E-state index in [0.717, 1.165) is 18.7 Å². The summed E-state index contributed by atoms with van der Waals surface area (Å²) in [4.78, 5) is 18.5. The molecule has 1 fully saturated rings. The highest BCUT2D eigenvalue weighted by Crippen LogP contribution is 2.24. The lowest BCUT2D eigenvalue weighted by atomic mass is 10.1. The third-order valence-electron chi connectivity index (χ3n) is 3.86. The number of hydrogen-bond acceptors (Lipinski definition) is 4. The SMILES string of the molecule is Cc1cc(=O)n2ccc(CN3CCCCC3)c(O)c2n1. The summed E-state index contributed by atoms with van der Waals surface area (Å²) in [7, 11) is 0. The van der Waals surface area contributed by atoms with Crippen LogP contribution in [0.15, 0.2) is 23.1 Å². The van der Waals surface area contributed by atoms with Crippen molar-refractivity contribution < 1.29 is 5.11 Å². The second-order valence-electron chi connectivity index (χ2n) is 5.46. The standard InChI is InChI=1S/C15H19N3O2/c1-11-9-13(19)18-8-5-12(14(20)15(18)16-11)10-17-6-3-2-4-7-17/h5,8-9,20H,2-4,6-7,10H2,1H3. The second kappa shape index (κ2) is 5.25. The Morgan fingerprint density at radius 3 is 2.80 bits per heavy atom. The Labute approximate surface area is 117 Å². The fourth-order valence-corrected chi connectivity index (χ4v) is 2.79. The van der Waals surface area contributed by atoms with Gasteiger partial charge in [-0.05, 0) is 38.9 Å². The lowest BCUT2D eigenvalue weighted by Gasteiger charge is -2.26. The zero-order chi connectivity index (χ0) is 14.1. The normalized spacial score (nSPS) is 16.6. The number of aromatic hydroxyl groups is 1. The van der Waals surface area contributed by atoms with Crippen molar-refractivity contribution >= 4 is 5.65 Å². The Balaban J connectivity index is 2.00. The summed E-state index contributed by atoms with van der Waals surface area (Å²) in [6, 6.07) is 3.28. The number of fused-ring (bicyclic) bond motifs is 1. The van der Waals surface area contributed by atoms with Crippen LogP contribution in [-0.4, -0.2) is 32.5 Å². The summed E-state index contributed by atoms with van der Waals surface area (Å²) in [5.74, 6) is 0.124. The van der Waals surface area contributed by atoms with Gasteiger partial charge in [-0.3, -0.25) is 14.1 Å². The predicted molar refractivity (Wildman–Crippen MR) is 77.0 cm³/mol. The molecule has 0 atom stereocenters. The van der Waals surface area contributed by atoms with E-state index in [0.29, 0.717) is 17.9 Å². The zero-order valence-electron chi connectivity index (χ0n) is 11.7. The molecule has 0 aliphatic carbocycles. The molecular weight excluding hydrogens is 254 g/mol. The number of piperidine rings is 1. The van der Waals surface area contributed by atoms with E-state index >= 15 is 0 Å². The van der Waals surface area contributed by atoms with E-state index in [-0.39, 0.29) is 11.3 Å². The van der Waals surface area contributed by atoms with Crippen molar-refractivity contribution in [2.24, 2.45) is 0 Å². The topological polar surface area (TPSA) is 57.8 Å². The molecule has 1 aliphatic heterocycles. The van der Waals surface area contributed by atoms with Gasteiger partial charge in [-0.1, -0.05) is 6.42 Å². The molecule has 0 bridgehead atoms.